The predicted octanol–water partition coefficient (Wildman–Crippen LogP) is 6.10. The molecule has 0 bridgehead atoms. The molecule has 4 rings (SSSR count). The Morgan fingerprint density at radius 3 is 2.50 bits per heavy atom. The summed E-state index contributed by atoms with van der Waals surface area (Å²) >= 11 is 0. The molecule has 3 heteroatoms. The van der Waals surface area contributed by atoms with Crippen LogP contribution >= 0.6 is 0 Å². The van der Waals surface area contributed by atoms with Crippen molar-refractivity contribution >= 4 is 22.4 Å². The summed E-state index contributed by atoms with van der Waals surface area (Å²) in [5.41, 5.74) is 0.827. The highest BCUT2D eigenvalue weighted by molar-refractivity contribution is 6.00. The average Bonchev–Trinajstić information content (AvgIpc) is 3.15. The Labute approximate surface area is 168 Å². The van der Waals surface area contributed by atoms with Crippen molar-refractivity contribution in [1.29, 1.82) is 0 Å². The number of ether oxygens (including phenoxy) is 1. The second-order valence-electron chi connectivity index (χ2n) is 8.38. The molecular weight excluding hydrogens is 346 g/mol. The summed E-state index contributed by atoms with van der Waals surface area (Å²) in [5, 5.41) is 5.27. The lowest BCUT2D eigenvalue weighted by Gasteiger charge is -2.24. The van der Waals surface area contributed by atoms with E-state index in [2.05, 4.69) is 17.4 Å². The first-order valence-corrected chi connectivity index (χ1v) is 10.9. The number of nitrogens with one attached hydrogen (secondary N) is 1. The molecule has 1 saturated heterocycles. The maximum Gasteiger partial charge on any atom is 0.248 e. The van der Waals surface area contributed by atoms with Crippen molar-refractivity contribution in [2.45, 2.75) is 57.5 Å². The maximum atomic E-state index is 12.3. The number of hydrogen-bond acceptors (Lipinski definition) is 2. The van der Waals surface area contributed by atoms with E-state index in [4.69, 9.17) is 4.74 Å². The van der Waals surface area contributed by atoms with Gasteiger partial charge >= 0.3 is 0 Å². The van der Waals surface area contributed by atoms with Crippen LogP contribution in [0.3, 0.4) is 0 Å². The molecule has 1 aliphatic carbocycles. The Morgan fingerprint density at radius 2 is 1.68 bits per heavy atom. The Hall–Kier alpha value is -2.13. The molecule has 148 valence electrons. The van der Waals surface area contributed by atoms with Gasteiger partial charge < -0.3 is 10.1 Å². The number of rotatable bonds is 4. The lowest BCUT2D eigenvalue weighted by molar-refractivity contribution is -0.112. The minimum atomic E-state index is -0.0896. The first-order chi connectivity index (χ1) is 13.8. The predicted molar refractivity (Wildman–Crippen MR) is 115 cm³/mol. The van der Waals surface area contributed by atoms with Gasteiger partial charge in [0, 0.05) is 11.8 Å². The molecule has 1 N–H and O–H groups in total. The largest absolute Gasteiger partial charge is 0.374 e. The molecular formula is C25H31NO2. The third kappa shape index (κ3) is 5.02. The van der Waals surface area contributed by atoms with Crippen LogP contribution in [0.1, 0.15) is 51.4 Å². The van der Waals surface area contributed by atoms with E-state index in [1.54, 1.807) is 6.08 Å². The highest BCUT2D eigenvalue weighted by Gasteiger charge is 2.30. The SMILES string of the molecule is O=C(/C=C/C1CC(C2CCCCCCC2)CO1)Nc1ccc2ccccc2c1. The molecule has 1 amide bonds. The van der Waals surface area contributed by atoms with E-state index in [1.807, 2.05) is 36.4 Å². The third-order valence-corrected chi connectivity index (χ3v) is 6.36. The van der Waals surface area contributed by atoms with Gasteiger partial charge in [-0.1, -0.05) is 81.4 Å². The molecule has 1 aliphatic heterocycles. The van der Waals surface area contributed by atoms with E-state index in [0.717, 1.165) is 30.0 Å². The van der Waals surface area contributed by atoms with E-state index in [9.17, 15) is 4.79 Å². The fraction of sp³-hybridized carbons (Fsp3) is 0.480. The molecule has 0 spiro atoms. The van der Waals surface area contributed by atoms with E-state index >= 15 is 0 Å². The molecule has 2 aromatic rings. The lowest BCUT2D eigenvalue weighted by atomic mass is 9.81. The second-order valence-corrected chi connectivity index (χ2v) is 8.38. The fourth-order valence-corrected chi connectivity index (χ4v) is 4.75. The number of benzene rings is 2. The van der Waals surface area contributed by atoms with Gasteiger partial charge in [-0.25, -0.2) is 0 Å². The summed E-state index contributed by atoms with van der Waals surface area (Å²) in [6, 6.07) is 14.2. The Bertz CT molecular complexity index is 820. The first kappa shape index (κ1) is 19.2. The summed E-state index contributed by atoms with van der Waals surface area (Å²) < 4.78 is 5.98. The molecule has 28 heavy (non-hydrogen) atoms. The van der Waals surface area contributed by atoms with Gasteiger partial charge in [-0.3, -0.25) is 4.79 Å². The van der Waals surface area contributed by atoms with Gasteiger partial charge in [-0.2, -0.15) is 0 Å². The van der Waals surface area contributed by atoms with Crippen LogP contribution < -0.4 is 5.32 Å². The van der Waals surface area contributed by atoms with Gasteiger partial charge in [-0.15, -0.1) is 0 Å². The van der Waals surface area contributed by atoms with Gasteiger partial charge in [0.15, 0.2) is 0 Å². The summed E-state index contributed by atoms with van der Waals surface area (Å²) in [5.74, 6) is 1.38. The molecule has 2 aromatic carbocycles. The lowest BCUT2D eigenvalue weighted by Crippen LogP contribution is -2.16. The van der Waals surface area contributed by atoms with Gasteiger partial charge in [0.05, 0.1) is 12.7 Å². The van der Waals surface area contributed by atoms with Crippen molar-refractivity contribution in [1.82, 2.24) is 0 Å². The van der Waals surface area contributed by atoms with E-state index < -0.39 is 0 Å². The van der Waals surface area contributed by atoms with Crippen molar-refractivity contribution in [2.24, 2.45) is 11.8 Å². The molecule has 2 aliphatic rings. The minimum absolute atomic E-state index is 0.0813. The molecule has 2 atom stereocenters. The molecule has 2 fully saturated rings. The van der Waals surface area contributed by atoms with Crippen molar-refractivity contribution in [3.05, 3.63) is 54.6 Å². The zero-order valence-corrected chi connectivity index (χ0v) is 16.6. The Balaban J connectivity index is 1.29. The number of fused-ring (bicyclic) bond motifs is 1. The van der Waals surface area contributed by atoms with Crippen molar-refractivity contribution < 1.29 is 9.53 Å². The maximum absolute atomic E-state index is 12.3. The topological polar surface area (TPSA) is 38.3 Å². The Kier molecular flexibility index (Phi) is 6.43. The van der Waals surface area contributed by atoms with Gasteiger partial charge in [0.25, 0.3) is 0 Å². The van der Waals surface area contributed by atoms with Crippen LogP contribution in [0.5, 0.6) is 0 Å². The molecule has 0 aromatic heterocycles. The molecule has 1 heterocycles. The third-order valence-electron chi connectivity index (χ3n) is 6.36. The van der Waals surface area contributed by atoms with Crippen LogP contribution in [0.15, 0.2) is 54.6 Å². The highest BCUT2D eigenvalue weighted by Crippen LogP contribution is 2.35. The van der Waals surface area contributed by atoms with Crippen LogP contribution in [0.2, 0.25) is 0 Å². The van der Waals surface area contributed by atoms with Crippen LogP contribution in [0.4, 0.5) is 5.69 Å². The van der Waals surface area contributed by atoms with Crippen LogP contribution in [0, 0.1) is 11.8 Å². The van der Waals surface area contributed by atoms with E-state index in [0.29, 0.717) is 5.92 Å². The number of anilines is 1. The zero-order valence-electron chi connectivity index (χ0n) is 16.6. The van der Waals surface area contributed by atoms with Gasteiger partial charge in [0.1, 0.15) is 0 Å². The number of carbonyl (C=O) groups is 1. The summed E-state index contributed by atoms with van der Waals surface area (Å²) in [6.07, 6.45) is 14.4. The van der Waals surface area contributed by atoms with Crippen molar-refractivity contribution in [2.75, 3.05) is 11.9 Å². The smallest absolute Gasteiger partial charge is 0.248 e. The molecule has 2 unspecified atom stereocenters. The molecule has 0 radical (unpaired) electrons. The first-order valence-electron chi connectivity index (χ1n) is 10.9. The fourth-order valence-electron chi connectivity index (χ4n) is 4.75. The minimum Gasteiger partial charge on any atom is -0.374 e. The summed E-state index contributed by atoms with van der Waals surface area (Å²) in [6.45, 7) is 0.853. The zero-order chi connectivity index (χ0) is 19.2. The summed E-state index contributed by atoms with van der Waals surface area (Å²) in [4.78, 5) is 12.3. The van der Waals surface area contributed by atoms with Crippen molar-refractivity contribution in [3.8, 4) is 0 Å². The van der Waals surface area contributed by atoms with E-state index in [-0.39, 0.29) is 12.0 Å². The summed E-state index contributed by atoms with van der Waals surface area (Å²) in [7, 11) is 0. The standard InChI is InChI=1S/C25H31NO2/c27-25(26-23-13-12-20-10-6-7-11-21(20)16-23)15-14-24-17-22(18-28-24)19-8-4-2-1-3-5-9-19/h6-7,10-16,19,22,24H,1-5,8-9,17-18H2,(H,26,27)/b15-14+. The van der Waals surface area contributed by atoms with Crippen LogP contribution in [-0.4, -0.2) is 18.6 Å². The quantitative estimate of drug-likeness (QED) is 0.654. The van der Waals surface area contributed by atoms with Crippen molar-refractivity contribution in [3.63, 3.8) is 0 Å². The normalized spacial score (nSPS) is 24.3. The van der Waals surface area contributed by atoms with E-state index in [1.165, 1.54) is 50.3 Å². The van der Waals surface area contributed by atoms with Crippen LogP contribution in [0.25, 0.3) is 10.8 Å². The number of hydrogen-bond donors (Lipinski definition) is 1. The average molecular weight is 378 g/mol. The number of carbonyl (C=O) groups excluding carboxylic acids is 1. The second kappa shape index (κ2) is 9.38. The van der Waals surface area contributed by atoms with Gasteiger partial charge in [-0.05, 0) is 41.2 Å². The highest BCUT2D eigenvalue weighted by atomic mass is 16.5. The monoisotopic (exact) mass is 377 g/mol. The van der Waals surface area contributed by atoms with Gasteiger partial charge in [0.2, 0.25) is 5.91 Å². The number of amides is 1. The Morgan fingerprint density at radius 1 is 0.929 bits per heavy atom. The molecule has 1 saturated carbocycles. The van der Waals surface area contributed by atoms with Crippen LogP contribution in [-0.2, 0) is 9.53 Å². The molecule has 3 nitrogen and oxygen atoms in total.